The summed E-state index contributed by atoms with van der Waals surface area (Å²) in [6, 6.07) is 7.34. The van der Waals surface area contributed by atoms with Gasteiger partial charge in [-0.25, -0.2) is 9.78 Å². The summed E-state index contributed by atoms with van der Waals surface area (Å²) < 4.78 is 0. The molecule has 0 spiro atoms. The number of aryl methyl sites for hydroxylation is 2. The number of hydrogen-bond acceptors (Lipinski definition) is 4. The number of benzene rings is 1. The number of urea groups is 1. The fraction of sp³-hybridized carbons (Fsp3) is 0.444. The zero-order valence-electron chi connectivity index (χ0n) is 13.6. The Morgan fingerprint density at radius 3 is 3.04 bits per heavy atom. The lowest BCUT2D eigenvalue weighted by Crippen LogP contribution is -2.42. The minimum absolute atomic E-state index is 0.0220. The second-order valence-electron chi connectivity index (χ2n) is 6.55. The van der Waals surface area contributed by atoms with E-state index in [4.69, 9.17) is 0 Å². The number of fused-ring (bicyclic) bond motifs is 2. The normalized spacial score (nSPS) is 25.0. The lowest BCUT2D eigenvalue weighted by Gasteiger charge is -2.25. The van der Waals surface area contributed by atoms with Gasteiger partial charge in [0.1, 0.15) is 0 Å². The quantitative estimate of drug-likeness (QED) is 0.785. The van der Waals surface area contributed by atoms with Crippen LogP contribution >= 0.6 is 11.3 Å². The van der Waals surface area contributed by atoms with E-state index in [-0.39, 0.29) is 18.1 Å². The van der Waals surface area contributed by atoms with Crippen molar-refractivity contribution < 1.29 is 9.90 Å². The van der Waals surface area contributed by atoms with Crippen molar-refractivity contribution in [2.24, 2.45) is 0 Å². The third-order valence-corrected chi connectivity index (χ3v) is 5.98. The van der Waals surface area contributed by atoms with Gasteiger partial charge >= 0.3 is 6.03 Å². The van der Waals surface area contributed by atoms with Crippen molar-refractivity contribution in [1.82, 2.24) is 15.6 Å². The summed E-state index contributed by atoms with van der Waals surface area (Å²) in [5.74, 6) is 0. The third kappa shape index (κ3) is 2.80. The molecule has 0 saturated heterocycles. The molecule has 2 aliphatic rings. The summed E-state index contributed by atoms with van der Waals surface area (Å²) in [6.45, 7) is 2.01. The van der Waals surface area contributed by atoms with Crippen LogP contribution in [-0.4, -0.2) is 22.2 Å². The van der Waals surface area contributed by atoms with Crippen LogP contribution in [0, 0.1) is 6.92 Å². The van der Waals surface area contributed by atoms with E-state index in [2.05, 4.69) is 15.6 Å². The van der Waals surface area contributed by atoms with Crippen molar-refractivity contribution in [3.05, 3.63) is 51.0 Å². The Kier molecular flexibility index (Phi) is 4.02. The number of hydrogen-bond donors (Lipinski definition) is 3. The molecule has 0 saturated carbocycles. The first-order valence-electron chi connectivity index (χ1n) is 8.41. The van der Waals surface area contributed by atoms with E-state index in [0.29, 0.717) is 6.42 Å². The monoisotopic (exact) mass is 343 g/mol. The molecule has 126 valence electrons. The Hall–Kier alpha value is -1.92. The summed E-state index contributed by atoms with van der Waals surface area (Å²) >= 11 is 1.67. The number of rotatable bonds is 2. The topological polar surface area (TPSA) is 74.2 Å². The van der Waals surface area contributed by atoms with Crippen molar-refractivity contribution in [3.63, 3.8) is 0 Å². The van der Waals surface area contributed by atoms with Crippen molar-refractivity contribution in [2.75, 3.05) is 0 Å². The highest BCUT2D eigenvalue weighted by atomic mass is 32.1. The van der Waals surface area contributed by atoms with Crippen molar-refractivity contribution >= 4 is 17.4 Å². The molecular weight excluding hydrogens is 322 g/mol. The minimum Gasteiger partial charge on any atom is -0.390 e. The van der Waals surface area contributed by atoms with Gasteiger partial charge in [-0.3, -0.25) is 0 Å². The maximum absolute atomic E-state index is 12.5. The number of carbonyl (C=O) groups is 1. The lowest BCUT2D eigenvalue weighted by molar-refractivity contribution is 0.141. The Bertz CT molecular complexity index is 773. The average Bonchev–Trinajstić information content (AvgIpc) is 3.08. The van der Waals surface area contributed by atoms with Crippen molar-refractivity contribution in [3.8, 4) is 0 Å². The fourth-order valence-corrected chi connectivity index (χ4v) is 4.83. The van der Waals surface area contributed by atoms with Gasteiger partial charge in [-0.15, -0.1) is 11.3 Å². The second kappa shape index (κ2) is 6.18. The molecule has 0 bridgehead atoms. The summed E-state index contributed by atoms with van der Waals surface area (Å²) in [5, 5.41) is 17.4. The van der Waals surface area contributed by atoms with E-state index in [1.54, 1.807) is 11.3 Å². The van der Waals surface area contributed by atoms with E-state index in [0.717, 1.165) is 41.1 Å². The molecule has 24 heavy (non-hydrogen) atoms. The number of thiazole rings is 1. The molecule has 1 aromatic heterocycles. The number of aliphatic hydroxyl groups excluding tert-OH is 1. The Morgan fingerprint density at radius 1 is 1.33 bits per heavy atom. The number of aromatic nitrogens is 1. The molecule has 3 N–H and O–H groups in total. The summed E-state index contributed by atoms with van der Waals surface area (Å²) in [7, 11) is 0. The molecule has 6 heteroatoms. The number of carbonyl (C=O) groups excluding carboxylic acids is 1. The molecule has 0 aliphatic heterocycles. The highest BCUT2D eigenvalue weighted by Gasteiger charge is 2.33. The standard InChI is InChI=1S/C18H21N3O2S/c1-10-19-13-7-4-8-14(17(13)24-10)20-18(23)21-16-12-6-3-2-5-11(12)9-15(16)22/h2-3,5-6,14-16,22H,4,7-9H2,1H3,(H2,20,21,23)/t14-,15-,16+/m0/s1. The fourth-order valence-electron chi connectivity index (χ4n) is 3.77. The third-order valence-electron chi connectivity index (χ3n) is 4.85. The smallest absolute Gasteiger partial charge is 0.315 e. The van der Waals surface area contributed by atoms with E-state index in [9.17, 15) is 9.90 Å². The van der Waals surface area contributed by atoms with Crippen molar-refractivity contribution in [1.29, 1.82) is 0 Å². The zero-order valence-corrected chi connectivity index (χ0v) is 14.4. The minimum atomic E-state index is -0.569. The number of aliphatic hydroxyl groups is 1. The average molecular weight is 343 g/mol. The largest absolute Gasteiger partial charge is 0.390 e. The first kappa shape index (κ1) is 15.6. The Balaban J connectivity index is 1.46. The highest BCUT2D eigenvalue weighted by molar-refractivity contribution is 7.11. The zero-order chi connectivity index (χ0) is 16.7. The van der Waals surface area contributed by atoms with Gasteiger partial charge in [-0.05, 0) is 37.3 Å². The van der Waals surface area contributed by atoms with Crippen LogP contribution in [0.2, 0.25) is 0 Å². The van der Waals surface area contributed by atoms with Crippen LogP contribution in [0.1, 0.15) is 51.6 Å². The van der Waals surface area contributed by atoms with Crippen LogP contribution < -0.4 is 10.6 Å². The maximum atomic E-state index is 12.5. The molecule has 5 nitrogen and oxygen atoms in total. The van der Waals surface area contributed by atoms with Gasteiger partial charge in [0.05, 0.1) is 33.8 Å². The van der Waals surface area contributed by atoms with E-state index in [1.165, 1.54) is 4.88 Å². The molecule has 1 heterocycles. The van der Waals surface area contributed by atoms with Crippen molar-refractivity contribution in [2.45, 2.75) is 50.8 Å². The van der Waals surface area contributed by atoms with Gasteiger partial charge in [0, 0.05) is 6.42 Å². The first-order valence-corrected chi connectivity index (χ1v) is 9.22. The Labute approximate surface area is 145 Å². The lowest BCUT2D eigenvalue weighted by atomic mass is 9.98. The molecule has 1 aromatic carbocycles. The number of nitrogens with one attached hydrogen (secondary N) is 2. The van der Waals surface area contributed by atoms with Gasteiger partial charge in [-0.1, -0.05) is 24.3 Å². The van der Waals surface area contributed by atoms with Gasteiger partial charge in [0.25, 0.3) is 0 Å². The predicted molar refractivity (Wildman–Crippen MR) is 93.1 cm³/mol. The van der Waals surface area contributed by atoms with E-state index >= 15 is 0 Å². The van der Waals surface area contributed by atoms with Gasteiger partial charge in [0.15, 0.2) is 0 Å². The molecule has 2 amide bonds. The molecule has 2 aliphatic carbocycles. The van der Waals surface area contributed by atoms with Gasteiger partial charge in [-0.2, -0.15) is 0 Å². The summed E-state index contributed by atoms with van der Waals surface area (Å²) in [4.78, 5) is 18.2. The van der Waals surface area contributed by atoms with Crippen LogP contribution in [0.15, 0.2) is 24.3 Å². The van der Waals surface area contributed by atoms with Gasteiger partial charge < -0.3 is 15.7 Å². The molecular formula is C18H21N3O2S. The maximum Gasteiger partial charge on any atom is 0.315 e. The summed E-state index contributed by atoms with van der Waals surface area (Å²) in [6.07, 6.45) is 2.99. The Morgan fingerprint density at radius 2 is 2.17 bits per heavy atom. The SMILES string of the molecule is Cc1nc2c(s1)[C@@H](NC(=O)N[C@@H]1c3ccccc3C[C@@H]1O)CCC2. The molecule has 0 unspecified atom stereocenters. The number of amides is 2. The van der Waals surface area contributed by atoms with Crippen LogP contribution in [0.25, 0.3) is 0 Å². The van der Waals surface area contributed by atoms with E-state index < -0.39 is 6.10 Å². The highest BCUT2D eigenvalue weighted by Crippen LogP contribution is 2.34. The molecule has 2 aromatic rings. The van der Waals surface area contributed by atoms with Crippen LogP contribution in [0.3, 0.4) is 0 Å². The first-order chi connectivity index (χ1) is 11.6. The van der Waals surface area contributed by atoms with Crippen LogP contribution in [0.5, 0.6) is 0 Å². The van der Waals surface area contributed by atoms with E-state index in [1.807, 2.05) is 31.2 Å². The molecule has 0 radical (unpaired) electrons. The van der Waals surface area contributed by atoms with Crippen LogP contribution in [-0.2, 0) is 12.8 Å². The van der Waals surface area contributed by atoms with Gasteiger partial charge in [0.2, 0.25) is 0 Å². The van der Waals surface area contributed by atoms with Crippen LogP contribution in [0.4, 0.5) is 4.79 Å². The number of nitrogens with zero attached hydrogens (tertiary/aromatic N) is 1. The molecule has 4 rings (SSSR count). The second-order valence-corrected chi connectivity index (χ2v) is 7.79. The summed E-state index contributed by atoms with van der Waals surface area (Å²) in [5.41, 5.74) is 3.24. The molecule has 0 fully saturated rings. The molecule has 3 atom stereocenters. The predicted octanol–water partition coefficient (Wildman–Crippen LogP) is 2.79.